The molecule has 0 amide bonds. The van der Waals surface area contributed by atoms with Crippen LogP contribution in [0.3, 0.4) is 0 Å². The van der Waals surface area contributed by atoms with Crippen LogP contribution in [0.1, 0.15) is 0 Å². The van der Waals surface area contributed by atoms with Gasteiger partial charge in [-0.25, -0.2) is 0 Å². The van der Waals surface area contributed by atoms with Crippen LogP contribution < -0.4 is 0 Å². The molecule has 0 aliphatic carbocycles. The van der Waals surface area contributed by atoms with Crippen molar-refractivity contribution >= 4 is 66.5 Å². The minimum absolute atomic E-state index is 0.188. The molecular formula is C36H86O11Si8. The van der Waals surface area contributed by atoms with Crippen molar-refractivity contribution in [1.82, 2.24) is 0 Å². The van der Waals surface area contributed by atoms with Gasteiger partial charge in [-0.05, 0) is 157 Å². The van der Waals surface area contributed by atoms with E-state index < -0.39 is 121 Å². The normalized spacial score (nSPS) is 31.2. The average Bonchev–Trinajstić information content (AvgIpc) is 2.88. The highest BCUT2D eigenvalue weighted by Crippen LogP contribution is 2.42. The molecule has 11 nitrogen and oxygen atoms in total. The summed E-state index contributed by atoms with van der Waals surface area (Å²) in [5, 5.41) is 0. The predicted octanol–water partition coefficient (Wildman–Crippen LogP) is 9.48. The fourth-order valence-corrected chi connectivity index (χ4v) is 14.4. The molecule has 9 atom stereocenters. The first-order valence-electron chi connectivity index (χ1n) is 20.5. The van der Waals surface area contributed by atoms with Crippen LogP contribution in [-0.4, -0.2) is 141 Å². The number of hydrogen-bond acceptors (Lipinski definition) is 11. The summed E-state index contributed by atoms with van der Waals surface area (Å²) >= 11 is 0. The third-order valence-corrected chi connectivity index (χ3v) is 15.7. The molecule has 0 spiro atoms. The molecule has 0 N–H and O–H groups in total. The second-order valence-electron chi connectivity index (χ2n) is 23.3. The summed E-state index contributed by atoms with van der Waals surface area (Å²) in [6, 6.07) is 0. The van der Waals surface area contributed by atoms with Gasteiger partial charge in [-0.15, -0.1) is 0 Å². The molecule has 2 heterocycles. The zero-order valence-corrected chi connectivity index (χ0v) is 47.7. The van der Waals surface area contributed by atoms with Crippen molar-refractivity contribution in [1.29, 1.82) is 0 Å². The lowest BCUT2D eigenvalue weighted by Gasteiger charge is -2.56. The highest BCUT2D eigenvalue weighted by atomic mass is 28.4. The monoisotopic (exact) mass is 918 g/mol. The minimum Gasteiger partial charge on any atom is -0.415 e. The molecule has 2 rings (SSSR count). The predicted molar refractivity (Wildman–Crippen MR) is 246 cm³/mol. The van der Waals surface area contributed by atoms with Crippen molar-refractivity contribution < 1.29 is 49.6 Å². The van der Waals surface area contributed by atoms with E-state index in [-0.39, 0.29) is 6.61 Å². The van der Waals surface area contributed by atoms with E-state index in [0.717, 1.165) is 0 Å². The third kappa shape index (κ3) is 19.7. The Bertz CT molecular complexity index is 1190. The number of hydrogen-bond donors (Lipinski definition) is 0. The van der Waals surface area contributed by atoms with E-state index in [9.17, 15) is 0 Å². The zero-order valence-electron chi connectivity index (χ0n) is 39.7. The van der Waals surface area contributed by atoms with Crippen molar-refractivity contribution in [2.75, 3.05) is 19.8 Å². The van der Waals surface area contributed by atoms with Crippen molar-refractivity contribution in [3.8, 4) is 0 Å². The molecule has 0 bridgehead atoms. The second-order valence-corrected chi connectivity index (χ2v) is 59.1. The lowest BCUT2D eigenvalue weighted by atomic mass is 9.95. The molecule has 2 aliphatic rings. The van der Waals surface area contributed by atoms with Crippen LogP contribution >= 0.6 is 0 Å². The Kier molecular flexibility index (Phi) is 17.9. The minimum atomic E-state index is -2.32. The quantitative estimate of drug-likeness (QED) is 0.109. The molecule has 0 aromatic rings. The summed E-state index contributed by atoms with van der Waals surface area (Å²) in [5.41, 5.74) is 0. The summed E-state index contributed by atoms with van der Waals surface area (Å²) in [6.07, 6.45) is -4.61. The summed E-state index contributed by atoms with van der Waals surface area (Å²) < 4.78 is 78.0. The van der Waals surface area contributed by atoms with Gasteiger partial charge < -0.3 is 49.6 Å². The van der Waals surface area contributed by atoms with Gasteiger partial charge in [-0.3, -0.25) is 0 Å². The van der Waals surface area contributed by atoms with E-state index in [1.54, 1.807) is 0 Å². The Morgan fingerprint density at radius 2 is 0.873 bits per heavy atom. The van der Waals surface area contributed by atoms with Gasteiger partial charge in [0.1, 0.15) is 36.6 Å². The molecule has 3 unspecified atom stereocenters. The SMILES string of the molecule is C[Si](C)(C)OCC1O[C@H](OC2[C@@H](O[Si](C)(C)C)[C@H](O[Si](C)(C)C)CO[C@]2(CO[Si](C)(C)C)O[Si](C)(C)C)C(O[Si](C)(C)C)[C@H](O[Si](C)(C)C)[C@@H]1O[Si](C)(C)C. The topological polar surface area (TPSA) is 102 Å². The smallest absolute Gasteiger partial charge is 0.211 e. The van der Waals surface area contributed by atoms with E-state index in [1.807, 2.05) is 0 Å². The first kappa shape index (κ1) is 52.4. The maximum absolute atomic E-state index is 7.57. The summed E-state index contributed by atoms with van der Waals surface area (Å²) in [4.78, 5) is 0. The molecule has 328 valence electrons. The molecule has 0 aromatic heterocycles. The van der Waals surface area contributed by atoms with Crippen LogP contribution in [0.4, 0.5) is 0 Å². The fourth-order valence-electron chi connectivity index (χ4n) is 6.43. The van der Waals surface area contributed by atoms with Crippen LogP contribution in [0.25, 0.3) is 0 Å². The number of ether oxygens (including phenoxy) is 3. The lowest BCUT2D eigenvalue weighted by molar-refractivity contribution is -0.375. The van der Waals surface area contributed by atoms with Gasteiger partial charge in [0.25, 0.3) is 0 Å². The van der Waals surface area contributed by atoms with Gasteiger partial charge in [-0.2, -0.15) is 0 Å². The lowest BCUT2D eigenvalue weighted by Crippen LogP contribution is -2.72. The Morgan fingerprint density at radius 1 is 0.455 bits per heavy atom. The maximum atomic E-state index is 7.57. The van der Waals surface area contributed by atoms with Gasteiger partial charge in [-0.1, -0.05) is 0 Å². The third-order valence-electron chi connectivity index (χ3n) is 7.79. The van der Waals surface area contributed by atoms with E-state index in [4.69, 9.17) is 49.6 Å². The highest BCUT2D eigenvalue weighted by molar-refractivity contribution is 6.72. The van der Waals surface area contributed by atoms with E-state index in [2.05, 4.69) is 157 Å². The molecule has 2 saturated heterocycles. The average molecular weight is 920 g/mol. The van der Waals surface area contributed by atoms with Gasteiger partial charge >= 0.3 is 0 Å². The standard InChI is InChI=1S/C36H86O11Si8/c1-48(2,3)38-26-28-30(43-51(10,11)12)32(45-53(16,17)18)33(46-54(19,20)21)35(40-28)41-34-31(44-52(13,14)15)29(42-50(7,8)9)25-37-36(34,47-55(22,23)24)27-39-49(4,5)6/h28-35H,25-27H2,1-24H3/t28?,29-,30-,31+,32-,33?,34?,35-,36-/m1/s1. The molecule has 55 heavy (non-hydrogen) atoms. The van der Waals surface area contributed by atoms with Crippen LogP contribution in [0.5, 0.6) is 0 Å². The first-order chi connectivity index (χ1) is 24.2. The number of rotatable bonds is 20. The fraction of sp³-hybridized carbons (Fsp3) is 1.00. The molecular weight excluding hydrogens is 833 g/mol. The molecule has 0 saturated carbocycles. The maximum Gasteiger partial charge on any atom is 0.211 e. The van der Waals surface area contributed by atoms with Gasteiger partial charge in [0.15, 0.2) is 72.8 Å². The second kappa shape index (κ2) is 18.7. The summed E-state index contributed by atoms with van der Waals surface area (Å²) in [7, 11) is -17.3. The first-order valence-corrected chi connectivity index (χ1v) is 47.8. The molecule has 19 heteroatoms. The van der Waals surface area contributed by atoms with Gasteiger partial charge in [0.2, 0.25) is 5.79 Å². The molecule has 2 aliphatic heterocycles. The molecule has 2 fully saturated rings. The summed E-state index contributed by atoms with van der Waals surface area (Å²) in [6.45, 7) is 53.6. The Labute approximate surface area is 346 Å². The van der Waals surface area contributed by atoms with E-state index in [0.29, 0.717) is 13.2 Å². The van der Waals surface area contributed by atoms with Crippen molar-refractivity contribution in [2.24, 2.45) is 0 Å². The zero-order chi connectivity index (χ0) is 43.0. The van der Waals surface area contributed by atoms with Crippen molar-refractivity contribution in [3.63, 3.8) is 0 Å². The molecule has 0 aromatic carbocycles. The van der Waals surface area contributed by atoms with Crippen molar-refractivity contribution in [2.45, 2.75) is 212 Å². The van der Waals surface area contributed by atoms with Crippen LogP contribution in [0.2, 0.25) is 157 Å². The van der Waals surface area contributed by atoms with E-state index >= 15 is 0 Å². The van der Waals surface area contributed by atoms with Gasteiger partial charge in [0.05, 0.1) is 25.9 Å². The van der Waals surface area contributed by atoms with Crippen LogP contribution in [0.15, 0.2) is 0 Å². The Hall–Kier alpha value is 1.30. The van der Waals surface area contributed by atoms with Crippen LogP contribution in [0, 0.1) is 0 Å². The van der Waals surface area contributed by atoms with E-state index in [1.165, 1.54) is 0 Å². The van der Waals surface area contributed by atoms with Gasteiger partial charge in [0, 0.05) is 0 Å². The van der Waals surface area contributed by atoms with Crippen molar-refractivity contribution in [3.05, 3.63) is 0 Å². The van der Waals surface area contributed by atoms with Crippen LogP contribution in [-0.2, 0) is 49.6 Å². The largest absolute Gasteiger partial charge is 0.415 e. The Balaban J connectivity index is 3.01. The highest BCUT2D eigenvalue weighted by Gasteiger charge is 2.61. The molecule has 0 radical (unpaired) electrons. The summed E-state index contributed by atoms with van der Waals surface area (Å²) in [5.74, 6) is -1.30. The Morgan fingerprint density at radius 3 is 1.29 bits per heavy atom.